The van der Waals surface area contributed by atoms with Crippen molar-refractivity contribution in [2.45, 2.75) is 6.61 Å². The average Bonchev–Trinajstić information content (AvgIpc) is 2.81. The number of benzene rings is 2. The van der Waals surface area contributed by atoms with Crippen molar-refractivity contribution in [3.05, 3.63) is 57.9 Å². The van der Waals surface area contributed by atoms with Gasteiger partial charge in [0.25, 0.3) is 0 Å². The Kier molecular flexibility index (Phi) is 3.44. The molecule has 0 saturated heterocycles. The van der Waals surface area contributed by atoms with Crippen LogP contribution in [0.15, 0.2) is 52.3 Å². The van der Waals surface area contributed by atoms with Gasteiger partial charge in [0, 0.05) is 14.7 Å². The van der Waals surface area contributed by atoms with Crippen LogP contribution in [0.2, 0.25) is 0 Å². The molecule has 3 rings (SSSR count). The van der Waals surface area contributed by atoms with Crippen molar-refractivity contribution < 1.29 is 4.74 Å². The van der Waals surface area contributed by atoms with Gasteiger partial charge in [0.15, 0.2) is 0 Å². The first-order chi connectivity index (χ1) is 9.24. The summed E-state index contributed by atoms with van der Waals surface area (Å²) in [6.45, 7) is 0.538. The van der Waals surface area contributed by atoms with E-state index in [1.807, 2.05) is 24.3 Å². The topological polar surface area (TPSA) is 35.2 Å². The van der Waals surface area contributed by atoms with Gasteiger partial charge in [-0.1, -0.05) is 34.1 Å². The lowest BCUT2D eigenvalue weighted by Crippen LogP contribution is -1.98. The van der Waals surface area contributed by atoms with Gasteiger partial charge in [-0.25, -0.2) is 0 Å². The maximum atomic E-state index is 5.92. The highest BCUT2D eigenvalue weighted by molar-refractivity contribution is 9.10. The smallest absolute Gasteiger partial charge is 0.142 e. The van der Waals surface area contributed by atoms with Crippen molar-refractivity contribution in [1.82, 2.24) is 0 Å². The van der Waals surface area contributed by atoms with Crippen LogP contribution in [-0.4, -0.2) is 0 Å². The van der Waals surface area contributed by atoms with Crippen molar-refractivity contribution in [2.75, 3.05) is 5.73 Å². The molecule has 0 aliphatic carbocycles. The second-order valence-corrected chi connectivity index (χ2v) is 6.05. The first kappa shape index (κ1) is 12.5. The Hall–Kier alpha value is -1.52. The molecule has 4 heteroatoms. The molecular weight excluding hydrogens is 322 g/mol. The number of rotatable bonds is 3. The molecule has 0 aliphatic heterocycles. The molecule has 2 N–H and O–H groups in total. The van der Waals surface area contributed by atoms with E-state index in [4.69, 9.17) is 10.5 Å². The molecule has 0 unspecified atom stereocenters. The summed E-state index contributed by atoms with van der Waals surface area (Å²) in [6, 6.07) is 14.0. The first-order valence-electron chi connectivity index (χ1n) is 5.87. The van der Waals surface area contributed by atoms with E-state index in [1.54, 1.807) is 11.3 Å². The fourth-order valence-corrected chi connectivity index (χ4v) is 3.28. The summed E-state index contributed by atoms with van der Waals surface area (Å²) in [5, 5.41) is 3.39. The zero-order chi connectivity index (χ0) is 13.2. The summed E-state index contributed by atoms with van der Waals surface area (Å²) in [5.74, 6) is 0.721. The van der Waals surface area contributed by atoms with E-state index in [9.17, 15) is 0 Å². The van der Waals surface area contributed by atoms with Gasteiger partial charge in [0.05, 0.1) is 5.69 Å². The Morgan fingerprint density at radius 3 is 2.84 bits per heavy atom. The predicted molar refractivity (Wildman–Crippen MR) is 84.7 cm³/mol. The van der Waals surface area contributed by atoms with Crippen molar-refractivity contribution >= 4 is 43.0 Å². The number of hydrogen-bond acceptors (Lipinski definition) is 3. The number of hydrogen-bond donors (Lipinski definition) is 1. The number of anilines is 1. The lowest BCUT2D eigenvalue weighted by Gasteiger charge is -2.08. The third-order valence-corrected chi connectivity index (χ3v) is 4.42. The van der Waals surface area contributed by atoms with Gasteiger partial charge in [-0.2, -0.15) is 0 Å². The van der Waals surface area contributed by atoms with Crippen LogP contribution in [0.4, 0.5) is 5.69 Å². The molecule has 0 saturated carbocycles. The molecule has 0 atom stereocenters. The van der Waals surface area contributed by atoms with Crippen LogP contribution in [0.5, 0.6) is 5.75 Å². The Labute approximate surface area is 123 Å². The van der Waals surface area contributed by atoms with Crippen molar-refractivity contribution in [3.8, 4) is 5.75 Å². The minimum absolute atomic E-state index is 0.538. The van der Waals surface area contributed by atoms with Crippen molar-refractivity contribution in [1.29, 1.82) is 0 Å². The molecule has 96 valence electrons. The molecule has 0 radical (unpaired) electrons. The Balaban J connectivity index is 1.82. The number of ether oxygens (including phenoxy) is 1. The van der Waals surface area contributed by atoms with E-state index >= 15 is 0 Å². The van der Waals surface area contributed by atoms with Gasteiger partial charge in [-0.3, -0.25) is 0 Å². The summed E-state index contributed by atoms with van der Waals surface area (Å²) in [5.41, 5.74) is 7.77. The monoisotopic (exact) mass is 333 g/mol. The molecule has 0 bridgehead atoms. The summed E-state index contributed by atoms with van der Waals surface area (Å²) in [6.07, 6.45) is 0. The quantitative estimate of drug-likeness (QED) is 0.697. The summed E-state index contributed by atoms with van der Waals surface area (Å²) < 4.78 is 8.04. The van der Waals surface area contributed by atoms with Gasteiger partial charge < -0.3 is 10.5 Å². The van der Waals surface area contributed by atoms with Crippen LogP contribution in [0.3, 0.4) is 0 Å². The SMILES string of the molecule is Nc1cc(Br)ccc1OCc1csc2ccccc12. The highest BCUT2D eigenvalue weighted by Crippen LogP contribution is 2.29. The van der Waals surface area contributed by atoms with Crippen LogP contribution in [-0.2, 0) is 6.61 Å². The maximum absolute atomic E-state index is 5.92. The highest BCUT2D eigenvalue weighted by atomic mass is 79.9. The van der Waals surface area contributed by atoms with Gasteiger partial charge in [-0.15, -0.1) is 11.3 Å². The van der Waals surface area contributed by atoms with Crippen LogP contribution in [0.1, 0.15) is 5.56 Å². The van der Waals surface area contributed by atoms with Gasteiger partial charge in [-0.05, 0) is 35.0 Å². The number of thiophene rings is 1. The Morgan fingerprint density at radius 2 is 2.00 bits per heavy atom. The molecule has 1 heterocycles. The van der Waals surface area contributed by atoms with Gasteiger partial charge in [0.1, 0.15) is 12.4 Å². The second kappa shape index (κ2) is 5.23. The molecule has 0 fully saturated rings. The minimum atomic E-state index is 0.538. The van der Waals surface area contributed by atoms with Gasteiger partial charge in [0.2, 0.25) is 0 Å². The van der Waals surface area contributed by atoms with Crippen molar-refractivity contribution in [3.63, 3.8) is 0 Å². The molecule has 2 aromatic carbocycles. The normalized spacial score (nSPS) is 10.8. The molecule has 3 aromatic rings. The third kappa shape index (κ3) is 2.60. The van der Waals surface area contributed by atoms with Crippen LogP contribution < -0.4 is 10.5 Å². The molecule has 0 aliphatic rings. The molecular formula is C15H12BrNOS. The largest absolute Gasteiger partial charge is 0.487 e. The Morgan fingerprint density at radius 1 is 1.16 bits per heavy atom. The predicted octanol–water partition coefficient (Wildman–Crippen LogP) is 4.83. The summed E-state index contributed by atoms with van der Waals surface area (Å²) >= 11 is 5.12. The van der Waals surface area contributed by atoms with Crippen LogP contribution >= 0.6 is 27.3 Å². The number of fused-ring (bicyclic) bond motifs is 1. The van der Waals surface area contributed by atoms with E-state index in [1.165, 1.54) is 15.6 Å². The average molecular weight is 334 g/mol. The molecule has 0 amide bonds. The number of nitrogen functional groups attached to an aromatic ring is 1. The second-order valence-electron chi connectivity index (χ2n) is 4.23. The number of halogens is 1. The zero-order valence-corrected chi connectivity index (χ0v) is 12.5. The van der Waals surface area contributed by atoms with E-state index in [0.29, 0.717) is 12.3 Å². The zero-order valence-electron chi connectivity index (χ0n) is 10.1. The van der Waals surface area contributed by atoms with E-state index in [2.05, 4.69) is 39.5 Å². The fourth-order valence-electron chi connectivity index (χ4n) is 1.95. The highest BCUT2D eigenvalue weighted by Gasteiger charge is 2.06. The fraction of sp³-hybridized carbons (Fsp3) is 0.0667. The minimum Gasteiger partial charge on any atom is -0.487 e. The standard InChI is InChI=1S/C15H12BrNOS/c16-11-5-6-14(13(17)7-11)18-8-10-9-19-15-4-2-1-3-12(10)15/h1-7,9H,8,17H2. The lowest BCUT2D eigenvalue weighted by atomic mass is 10.2. The van der Waals surface area contributed by atoms with Gasteiger partial charge >= 0.3 is 0 Å². The molecule has 1 aromatic heterocycles. The van der Waals surface area contributed by atoms with Crippen molar-refractivity contribution in [2.24, 2.45) is 0 Å². The Bertz CT molecular complexity index is 723. The van der Waals surface area contributed by atoms with E-state index in [0.717, 1.165) is 10.2 Å². The lowest BCUT2D eigenvalue weighted by molar-refractivity contribution is 0.310. The van der Waals surface area contributed by atoms with E-state index < -0.39 is 0 Å². The molecule has 19 heavy (non-hydrogen) atoms. The summed E-state index contributed by atoms with van der Waals surface area (Å²) in [7, 11) is 0. The molecule has 2 nitrogen and oxygen atoms in total. The molecule has 0 spiro atoms. The maximum Gasteiger partial charge on any atom is 0.142 e. The first-order valence-corrected chi connectivity index (χ1v) is 7.54. The third-order valence-electron chi connectivity index (χ3n) is 2.92. The summed E-state index contributed by atoms with van der Waals surface area (Å²) in [4.78, 5) is 0. The number of nitrogens with two attached hydrogens (primary N) is 1. The van der Waals surface area contributed by atoms with Crippen LogP contribution in [0.25, 0.3) is 10.1 Å². The van der Waals surface area contributed by atoms with E-state index in [-0.39, 0.29) is 0 Å². The van der Waals surface area contributed by atoms with Crippen LogP contribution in [0, 0.1) is 0 Å².